The number of hydrogen-bond acceptors (Lipinski definition) is 3. The Kier molecular flexibility index (Phi) is 5.59. The van der Waals surface area contributed by atoms with Gasteiger partial charge in [0.25, 0.3) is 10.2 Å². The van der Waals surface area contributed by atoms with Gasteiger partial charge >= 0.3 is 0 Å². The van der Waals surface area contributed by atoms with Crippen LogP contribution in [0.2, 0.25) is 0 Å². The Morgan fingerprint density at radius 1 is 1.07 bits per heavy atom. The van der Waals surface area contributed by atoms with Crippen LogP contribution >= 0.6 is 0 Å². The molecule has 0 aliphatic rings. The van der Waals surface area contributed by atoms with Gasteiger partial charge in [0, 0.05) is 22.7 Å². The zero-order chi connectivity index (χ0) is 21.3. The molecule has 0 spiro atoms. The molecule has 0 saturated carbocycles. The summed E-state index contributed by atoms with van der Waals surface area (Å²) in [6.45, 7) is 5.30. The number of anilines is 1. The predicted octanol–water partition coefficient (Wildman–Crippen LogP) is 3.77. The van der Waals surface area contributed by atoms with E-state index in [1.54, 1.807) is 50.2 Å². The molecule has 3 rings (SSSR count). The molecular weight excluding hydrogens is 393 g/mol. The summed E-state index contributed by atoms with van der Waals surface area (Å²) in [5.74, 6) is -1.11. The fraction of sp³-hybridized carbons (Fsp3) is 0.190. The molecule has 6 nitrogen and oxygen atoms in total. The van der Waals surface area contributed by atoms with E-state index < -0.39 is 16.0 Å². The molecule has 1 heterocycles. The summed E-state index contributed by atoms with van der Waals surface area (Å²) in [5, 5.41) is 4.95. The van der Waals surface area contributed by atoms with Gasteiger partial charge in [0.2, 0.25) is 5.78 Å². The molecular formula is C21H22FN3O3S. The van der Waals surface area contributed by atoms with Gasteiger partial charge in [0.1, 0.15) is 5.82 Å². The monoisotopic (exact) mass is 415 g/mol. The number of carbonyl (C=O) groups is 1. The molecule has 0 aliphatic heterocycles. The van der Waals surface area contributed by atoms with E-state index in [-0.39, 0.29) is 23.0 Å². The van der Waals surface area contributed by atoms with Gasteiger partial charge in [-0.3, -0.25) is 9.52 Å². The van der Waals surface area contributed by atoms with E-state index in [1.807, 2.05) is 19.1 Å². The van der Waals surface area contributed by atoms with Gasteiger partial charge in [-0.25, -0.2) is 9.53 Å². The number of aryl methyl sites for hydroxylation is 1. The number of aromatic nitrogens is 1. The van der Waals surface area contributed by atoms with Crippen molar-refractivity contribution in [3.05, 3.63) is 88.0 Å². The number of benzene rings is 2. The van der Waals surface area contributed by atoms with Crippen LogP contribution in [-0.4, -0.2) is 19.2 Å². The second-order valence-corrected chi connectivity index (χ2v) is 8.33. The maximum atomic E-state index is 14.9. The Morgan fingerprint density at radius 3 is 2.21 bits per heavy atom. The van der Waals surface area contributed by atoms with Crippen LogP contribution in [-0.2, 0) is 10.2 Å². The summed E-state index contributed by atoms with van der Waals surface area (Å²) in [5.41, 5.74) is 3.36. The normalized spacial score (nSPS) is 12.6. The highest BCUT2D eigenvalue weighted by Gasteiger charge is 2.24. The van der Waals surface area contributed by atoms with Crippen LogP contribution in [0.5, 0.6) is 0 Å². The van der Waals surface area contributed by atoms with Crippen LogP contribution in [0.4, 0.5) is 10.1 Å². The first-order valence-corrected chi connectivity index (χ1v) is 10.5. The van der Waals surface area contributed by atoms with Crippen LogP contribution in [0.25, 0.3) is 0 Å². The van der Waals surface area contributed by atoms with E-state index in [9.17, 15) is 17.6 Å². The SMILES string of the molecule is Cc1ccc(C(=O)c2[nH]c(C(C)c3ccc(NS(N)(=O)=O)cc3)c(F)c2C)cc1. The number of halogens is 1. The van der Waals surface area contributed by atoms with E-state index in [1.165, 1.54) is 0 Å². The van der Waals surface area contributed by atoms with Gasteiger partial charge in [-0.1, -0.05) is 48.9 Å². The average molecular weight is 415 g/mol. The lowest BCUT2D eigenvalue weighted by Gasteiger charge is -2.12. The van der Waals surface area contributed by atoms with Crippen molar-refractivity contribution in [2.45, 2.75) is 26.7 Å². The molecule has 29 heavy (non-hydrogen) atoms. The van der Waals surface area contributed by atoms with Crippen molar-refractivity contribution < 1.29 is 17.6 Å². The number of aromatic amines is 1. The summed E-state index contributed by atoms with van der Waals surface area (Å²) < 4.78 is 39.3. The highest BCUT2D eigenvalue weighted by molar-refractivity contribution is 7.90. The highest BCUT2D eigenvalue weighted by Crippen LogP contribution is 2.30. The zero-order valence-electron chi connectivity index (χ0n) is 16.3. The third-order valence-corrected chi connectivity index (χ3v) is 5.37. The fourth-order valence-corrected chi connectivity index (χ4v) is 3.61. The molecule has 1 aromatic heterocycles. The van der Waals surface area contributed by atoms with Gasteiger partial charge in [0.15, 0.2) is 0 Å². The Balaban J connectivity index is 1.90. The summed E-state index contributed by atoms with van der Waals surface area (Å²) in [7, 11) is -3.86. The quantitative estimate of drug-likeness (QED) is 0.534. The smallest absolute Gasteiger partial charge is 0.296 e. The molecule has 0 saturated heterocycles. The summed E-state index contributed by atoms with van der Waals surface area (Å²) in [6, 6.07) is 13.5. The molecule has 0 amide bonds. The molecule has 1 atom stereocenters. The Hall–Kier alpha value is -2.97. The van der Waals surface area contributed by atoms with Gasteiger partial charge in [-0.2, -0.15) is 8.42 Å². The lowest BCUT2D eigenvalue weighted by Crippen LogP contribution is -2.21. The van der Waals surface area contributed by atoms with Crippen molar-refractivity contribution in [1.82, 2.24) is 4.98 Å². The standard InChI is InChI=1S/C21H22FN3O3S/c1-12-4-6-16(7-5-12)21(26)20-14(3)18(22)19(24-20)13(2)15-8-10-17(11-9-15)25-29(23,27)28/h4-11,13,24-25H,1-3H3,(H2,23,27,28). The average Bonchev–Trinajstić information content (AvgIpc) is 2.96. The number of hydrogen-bond donors (Lipinski definition) is 3. The molecule has 0 aliphatic carbocycles. The predicted molar refractivity (Wildman–Crippen MR) is 111 cm³/mol. The van der Waals surface area contributed by atoms with Gasteiger partial charge in [-0.15, -0.1) is 0 Å². The van der Waals surface area contributed by atoms with E-state index in [4.69, 9.17) is 5.14 Å². The van der Waals surface area contributed by atoms with Crippen LogP contribution in [0.1, 0.15) is 51.3 Å². The molecule has 0 radical (unpaired) electrons. The Morgan fingerprint density at radius 2 is 1.66 bits per heavy atom. The summed E-state index contributed by atoms with van der Waals surface area (Å²) in [6.07, 6.45) is 0. The highest BCUT2D eigenvalue weighted by atomic mass is 32.2. The lowest BCUT2D eigenvalue weighted by molar-refractivity contribution is 0.103. The minimum atomic E-state index is -3.86. The minimum Gasteiger partial charge on any atom is -0.352 e. The summed E-state index contributed by atoms with van der Waals surface area (Å²) in [4.78, 5) is 15.8. The van der Waals surface area contributed by atoms with E-state index in [2.05, 4.69) is 9.71 Å². The van der Waals surface area contributed by atoms with Crippen LogP contribution in [0.15, 0.2) is 48.5 Å². The third kappa shape index (κ3) is 4.55. The first-order chi connectivity index (χ1) is 13.6. The number of rotatable bonds is 6. The van der Waals surface area contributed by atoms with Crippen molar-refractivity contribution in [3.8, 4) is 0 Å². The Labute approximate surface area is 169 Å². The number of ketones is 1. The van der Waals surface area contributed by atoms with Crippen LogP contribution in [0, 0.1) is 19.7 Å². The zero-order valence-corrected chi connectivity index (χ0v) is 17.1. The van der Waals surface area contributed by atoms with Crippen molar-refractivity contribution in [3.63, 3.8) is 0 Å². The molecule has 1 unspecified atom stereocenters. The molecule has 0 bridgehead atoms. The minimum absolute atomic E-state index is 0.223. The van der Waals surface area contributed by atoms with Crippen LogP contribution in [0.3, 0.4) is 0 Å². The van der Waals surface area contributed by atoms with E-state index in [0.29, 0.717) is 16.9 Å². The second-order valence-electron chi connectivity index (χ2n) is 7.04. The molecule has 3 aromatic rings. The lowest BCUT2D eigenvalue weighted by atomic mass is 9.97. The summed E-state index contributed by atoms with van der Waals surface area (Å²) >= 11 is 0. The largest absolute Gasteiger partial charge is 0.352 e. The Bertz CT molecular complexity index is 1150. The van der Waals surface area contributed by atoms with E-state index in [0.717, 1.165) is 11.1 Å². The van der Waals surface area contributed by atoms with Gasteiger partial charge < -0.3 is 4.98 Å². The molecule has 152 valence electrons. The van der Waals surface area contributed by atoms with E-state index >= 15 is 0 Å². The number of H-pyrrole nitrogens is 1. The van der Waals surface area contributed by atoms with Crippen molar-refractivity contribution in [1.29, 1.82) is 0 Å². The molecule has 2 aromatic carbocycles. The van der Waals surface area contributed by atoms with Crippen molar-refractivity contribution in [2.75, 3.05) is 4.72 Å². The first-order valence-electron chi connectivity index (χ1n) is 8.96. The topological polar surface area (TPSA) is 105 Å². The molecule has 4 N–H and O–H groups in total. The van der Waals surface area contributed by atoms with Crippen molar-refractivity contribution in [2.24, 2.45) is 5.14 Å². The molecule has 0 fully saturated rings. The number of nitrogens with one attached hydrogen (secondary N) is 2. The fourth-order valence-electron chi connectivity index (χ4n) is 3.14. The maximum Gasteiger partial charge on any atom is 0.296 e. The number of carbonyl (C=O) groups excluding carboxylic acids is 1. The first kappa shape index (κ1) is 20.8. The van der Waals surface area contributed by atoms with Gasteiger partial charge in [0.05, 0.1) is 11.4 Å². The molecule has 8 heteroatoms. The maximum absolute atomic E-state index is 14.9. The van der Waals surface area contributed by atoms with Crippen LogP contribution < -0.4 is 9.86 Å². The van der Waals surface area contributed by atoms with Gasteiger partial charge in [-0.05, 0) is 31.5 Å². The number of nitrogens with two attached hydrogens (primary N) is 1. The second kappa shape index (κ2) is 7.81. The van der Waals surface area contributed by atoms with Crippen molar-refractivity contribution >= 4 is 21.7 Å². The third-order valence-electron chi connectivity index (χ3n) is 4.84.